The van der Waals surface area contributed by atoms with E-state index >= 15 is 0 Å². The van der Waals surface area contributed by atoms with Gasteiger partial charge in [0, 0.05) is 24.3 Å². The van der Waals surface area contributed by atoms with Crippen LogP contribution in [0.1, 0.15) is 78.9 Å². The first-order valence-electron chi connectivity index (χ1n) is 10.4. The lowest BCUT2D eigenvalue weighted by atomic mass is 9.73. The average molecular weight is 375 g/mol. The van der Waals surface area contributed by atoms with Gasteiger partial charge < -0.3 is 9.47 Å². The third-order valence-electron chi connectivity index (χ3n) is 6.29. The molecule has 4 heteroatoms. The molecule has 1 unspecified atom stereocenters. The molecule has 1 aromatic carbocycles. The Morgan fingerprint density at radius 2 is 1.63 bits per heavy atom. The molecule has 151 valence electrons. The molecule has 0 N–H and O–H groups in total. The smallest absolute Gasteiger partial charge is 0.172 e. The number of piperidine rings is 1. The quantitative estimate of drug-likeness (QED) is 0.686. The van der Waals surface area contributed by atoms with Crippen LogP contribution in [0.25, 0.3) is 0 Å². The third-order valence-corrected chi connectivity index (χ3v) is 6.29. The van der Waals surface area contributed by atoms with Gasteiger partial charge in [-0.15, -0.1) is 0 Å². The normalized spacial score (nSPS) is 26.1. The summed E-state index contributed by atoms with van der Waals surface area (Å²) in [5, 5.41) is 2.28. The zero-order valence-corrected chi connectivity index (χ0v) is 17.9. The highest BCUT2D eigenvalue weighted by molar-refractivity contribution is 5.17. The molecule has 1 atom stereocenters. The zero-order valence-electron chi connectivity index (χ0n) is 17.9. The standard InChI is InChI=1S/C23H36NO3/c1-7-22(8-2)17-23(25-14-18(3)15-26-23)16-21(5,6)24(22)27-19(4)20-12-10-9-11-13-20/h9-13,19H,7-8,14-17H2,1-6H3. The molecular weight excluding hydrogens is 338 g/mol. The Morgan fingerprint density at radius 1 is 1.04 bits per heavy atom. The van der Waals surface area contributed by atoms with E-state index in [2.05, 4.69) is 70.9 Å². The van der Waals surface area contributed by atoms with Crippen LogP contribution in [0.15, 0.2) is 30.3 Å². The van der Waals surface area contributed by atoms with Crippen molar-refractivity contribution in [2.75, 3.05) is 13.2 Å². The van der Waals surface area contributed by atoms with Gasteiger partial charge in [-0.1, -0.05) is 51.1 Å². The molecule has 2 fully saturated rings. The van der Waals surface area contributed by atoms with E-state index in [9.17, 15) is 0 Å². The van der Waals surface area contributed by atoms with Crippen molar-refractivity contribution in [2.24, 2.45) is 0 Å². The van der Waals surface area contributed by atoms with Gasteiger partial charge in [0.05, 0.1) is 18.8 Å². The van der Waals surface area contributed by atoms with Crippen LogP contribution in [0, 0.1) is 5.92 Å². The summed E-state index contributed by atoms with van der Waals surface area (Å²) in [7, 11) is 0. The molecule has 0 saturated carbocycles. The highest BCUT2D eigenvalue weighted by atomic mass is 16.7. The third kappa shape index (κ3) is 4.09. The Kier molecular flexibility index (Phi) is 6.02. The number of benzene rings is 1. The summed E-state index contributed by atoms with van der Waals surface area (Å²) in [5.74, 6) is 0.749. The van der Waals surface area contributed by atoms with E-state index in [0.29, 0.717) is 13.2 Å². The van der Waals surface area contributed by atoms with Crippen LogP contribution >= 0.6 is 0 Å². The Labute approximate surface area is 165 Å². The molecule has 0 aliphatic carbocycles. The number of hydrogen-bond donors (Lipinski definition) is 0. The minimum Gasteiger partial charge on any atom is -0.349 e. The van der Waals surface area contributed by atoms with Gasteiger partial charge in [0.15, 0.2) is 5.79 Å². The number of ether oxygens (including phenoxy) is 2. The summed E-state index contributed by atoms with van der Waals surface area (Å²) in [5.41, 5.74) is 0.888. The van der Waals surface area contributed by atoms with Crippen molar-refractivity contribution in [3.63, 3.8) is 0 Å². The fourth-order valence-electron chi connectivity index (χ4n) is 4.79. The van der Waals surface area contributed by atoms with Gasteiger partial charge in [0.1, 0.15) is 6.10 Å². The maximum Gasteiger partial charge on any atom is 0.172 e. The number of hydrogen-bond acceptors (Lipinski definition) is 4. The first-order chi connectivity index (χ1) is 12.8. The van der Waals surface area contributed by atoms with Crippen molar-refractivity contribution in [3.05, 3.63) is 41.8 Å². The molecule has 0 aromatic heterocycles. The zero-order chi connectivity index (χ0) is 19.7. The van der Waals surface area contributed by atoms with E-state index in [1.165, 1.54) is 11.5 Å². The van der Waals surface area contributed by atoms with Gasteiger partial charge in [-0.25, -0.2) is 0 Å². The van der Waals surface area contributed by atoms with Crippen LogP contribution < -0.4 is 0 Å². The minimum atomic E-state index is -0.509. The van der Waals surface area contributed by atoms with E-state index in [-0.39, 0.29) is 17.2 Å². The van der Waals surface area contributed by atoms with Crippen molar-refractivity contribution in [1.29, 1.82) is 0 Å². The fourth-order valence-corrected chi connectivity index (χ4v) is 4.79. The average Bonchev–Trinajstić information content (AvgIpc) is 2.66. The molecule has 27 heavy (non-hydrogen) atoms. The van der Waals surface area contributed by atoms with Crippen LogP contribution in [0.4, 0.5) is 0 Å². The highest BCUT2D eigenvalue weighted by Crippen LogP contribution is 2.51. The second-order valence-corrected chi connectivity index (χ2v) is 9.00. The molecule has 3 rings (SSSR count). The summed E-state index contributed by atoms with van der Waals surface area (Å²) in [6.45, 7) is 14.6. The van der Waals surface area contributed by atoms with Crippen molar-refractivity contribution >= 4 is 0 Å². The van der Waals surface area contributed by atoms with Crippen LogP contribution in [-0.2, 0) is 14.3 Å². The lowest BCUT2D eigenvalue weighted by molar-refractivity contribution is -0.381. The molecule has 0 amide bonds. The Balaban J connectivity index is 1.88. The number of hydroxylamine groups is 2. The predicted octanol–water partition coefficient (Wildman–Crippen LogP) is 5.45. The van der Waals surface area contributed by atoms with Gasteiger partial charge in [-0.05, 0) is 39.2 Å². The molecule has 2 heterocycles. The lowest BCUT2D eigenvalue weighted by Gasteiger charge is -2.60. The van der Waals surface area contributed by atoms with Crippen LogP contribution in [0.3, 0.4) is 0 Å². The van der Waals surface area contributed by atoms with Crippen LogP contribution in [0.2, 0.25) is 0 Å². The number of rotatable bonds is 5. The Bertz CT molecular complexity index is 603. The second kappa shape index (κ2) is 7.82. The van der Waals surface area contributed by atoms with E-state index in [0.717, 1.165) is 25.7 Å². The highest BCUT2D eigenvalue weighted by Gasteiger charge is 2.58. The summed E-state index contributed by atoms with van der Waals surface area (Å²) in [4.78, 5) is 6.66. The van der Waals surface area contributed by atoms with E-state index in [1.54, 1.807) is 0 Å². The summed E-state index contributed by atoms with van der Waals surface area (Å²) >= 11 is 0. The molecule has 2 aliphatic heterocycles. The second-order valence-electron chi connectivity index (χ2n) is 9.00. The molecule has 1 radical (unpaired) electrons. The molecule has 2 aliphatic rings. The molecular formula is C23H36NO3. The SMILES string of the molecule is CCC1(CC)CC2(CC(C)(C)N1OC(C)c1ccccc1)OC[C](C)CO2. The monoisotopic (exact) mass is 374 g/mol. The summed E-state index contributed by atoms with van der Waals surface area (Å²) in [6, 6.07) is 10.5. The fraction of sp³-hybridized carbons (Fsp3) is 0.696. The molecule has 0 bridgehead atoms. The lowest BCUT2D eigenvalue weighted by Crippen LogP contribution is -2.69. The van der Waals surface area contributed by atoms with Gasteiger partial charge in [-0.3, -0.25) is 4.84 Å². The van der Waals surface area contributed by atoms with Crippen molar-refractivity contribution in [3.8, 4) is 0 Å². The maximum absolute atomic E-state index is 6.66. The topological polar surface area (TPSA) is 30.9 Å². The largest absolute Gasteiger partial charge is 0.349 e. The predicted molar refractivity (Wildman–Crippen MR) is 108 cm³/mol. The van der Waals surface area contributed by atoms with Crippen molar-refractivity contribution in [2.45, 2.75) is 90.2 Å². The van der Waals surface area contributed by atoms with Gasteiger partial charge in [0.2, 0.25) is 0 Å². The van der Waals surface area contributed by atoms with E-state index < -0.39 is 5.79 Å². The van der Waals surface area contributed by atoms with Crippen molar-refractivity contribution < 1.29 is 14.3 Å². The van der Waals surface area contributed by atoms with Crippen LogP contribution in [0.5, 0.6) is 0 Å². The summed E-state index contributed by atoms with van der Waals surface area (Å²) in [6.07, 6.45) is 3.62. The van der Waals surface area contributed by atoms with Crippen LogP contribution in [-0.4, -0.2) is 35.1 Å². The van der Waals surface area contributed by atoms with E-state index in [4.69, 9.17) is 14.3 Å². The van der Waals surface area contributed by atoms with Gasteiger partial charge >= 0.3 is 0 Å². The Hall–Kier alpha value is -0.940. The Morgan fingerprint density at radius 3 is 2.19 bits per heavy atom. The minimum absolute atomic E-state index is 0.000713. The first-order valence-corrected chi connectivity index (χ1v) is 10.4. The number of nitrogens with zero attached hydrogens (tertiary/aromatic N) is 1. The van der Waals surface area contributed by atoms with Gasteiger partial charge in [-0.2, -0.15) is 5.06 Å². The van der Waals surface area contributed by atoms with E-state index in [1.807, 2.05) is 6.07 Å². The summed E-state index contributed by atoms with van der Waals surface area (Å²) < 4.78 is 12.6. The molecule has 1 spiro atoms. The molecule has 1 aromatic rings. The van der Waals surface area contributed by atoms with Gasteiger partial charge in [0.25, 0.3) is 0 Å². The molecule has 2 saturated heterocycles. The first kappa shape index (κ1) is 20.8. The van der Waals surface area contributed by atoms with Crippen molar-refractivity contribution in [1.82, 2.24) is 5.06 Å². The maximum atomic E-state index is 6.66. The molecule has 4 nitrogen and oxygen atoms in total.